The summed E-state index contributed by atoms with van der Waals surface area (Å²) in [4.78, 5) is 28.5. The number of nitrogens with zero attached hydrogens (tertiary/aromatic N) is 2. The number of anilines is 1. The molecule has 3 rings (SSSR count). The molecule has 30 heavy (non-hydrogen) atoms. The number of rotatable bonds is 6. The van der Waals surface area contributed by atoms with E-state index < -0.39 is 28.0 Å². The van der Waals surface area contributed by atoms with E-state index in [0.717, 1.165) is 12.8 Å². The molecule has 2 aromatic rings. The van der Waals surface area contributed by atoms with Gasteiger partial charge in [0.15, 0.2) is 6.10 Å². The van der Waals surface area contributed by atoms with Gasteiger partial charge in [-0.2, -0.15) is 4.31 Å². The smallest absolute Gasteiger partial charge is 0.338 e. The minimum absolute atomic E-state index is 0.0121. The first-order valence-electron chi connectivity index (χ1n) is 9.11. The van der Waals surface area contributed by atoms with Crippen LogP contribution in [0.2, 0.25) is 10.0 Å². The Kier molecular flexibility index (Phi) is 6.97. The third kappa shape index (κ3) is 5.10. The molecule has 1 aromatic heterocycles. The summed E-state index contributed by atoms with van der Waals surface area (Å²) in [6, 6.07) is 6.90. The summed E-state index contributed by atoms with van der Waals surface area (Å²) in [6.45, 7) is 2.20. The number of sulfonamides is 1. The largest absolute Gasteiger partial charge is 0.449 e. The molecule has 8 nitrogen and oxygen atoms in total. The Morgan fingerprint density at radius 1 is 1.17 bits per heavy atom. The van der Waals surface area contributed by atoms with Gasteiger partial charge in [-0.05, 0) is 50.1 Å². The van der Waals surface area contributed by atoms with E-state index in [9.17, 15) is 18.0 Å². The number of halogens is 2. The van der Waals surface area contributed by atoms with Crippen LogP contribution in [0, 0.1) is 0 Å². The van der Waals surface area contributed by atoms with Crippen LogP contribution in [0.3, 0.4) is 0 Å². The van der Waals surface area contributed by atoms with Crippen LogP contribution in [-0.2, 0) is 19.6 Å². The second-order valence-corrected chi connectivity index (χ2v) is 9.40. The fraction of sp³-hybridized carbons (Fsp3) is 0.316. The van der Waals surface area contributed by atoms with E-state index in [0.29, 0.717) is 18.1 Å². The van der Waals surface area contributed by atoms with Gasteiger partial charge in [-0.3, -0.25) is 4.79 Å². The van der Waals surface area contributed by atoms with Crippen LogP contribution in [0.5, 0.6) is 0 Å². The van der Waals surface area contributed by atoms with Crippen LogP contribution in [-0.4, -0.2) is 48.8 Å². The zero-order chi connectivity index (χ0) is 21.9. The molecule has 1 amide bonds. The molecule has 0 radical (unpaired) electrons. The van der Waals surface area contributed by atoms with Crippen molar-refractivity contribution in [3.05, 3.63) is 52.1 Å². The average molecular weight is 472 g/mol. The maximum atomic E-state index is 12.8. The number of benzene rings is 1. The van der Waals surface area contributed by atoms with Crippen molar-refractivity contribution in [3.8, 4) is 0 Å². The number of carbonyl (C=O) groups is 2. The van der Waals surface area contributed by atoms with Gasteiger partial charge in [-0.1, -0.05) is 23.2 Å². The number of pyridine rings is 1. The molecule has 0 spiro atoms. The van der Waals surface area contributed by atoms with E-state index in [1.54, 1.807) is 6.07 Å². The Labute approximate surface area is 184 Å². The fourth-order valence-electron chi connectivity index (χ4n) is 2.86. The standard InChI is InChI=1S/C19H19Cl2N3O5S/c1-12(18(25)23-17-7-5-14(20)11-22-17)29-19(26)13-4-6-15(21)16(10-13)30(27,28)24-8-2-3-9-24/h4-7,10-12H,2-3,8-9H2,1H3,(H,22,23,25)/t12-/m0/s1. The van der Waals surface area contributed by atoms with Crippen LogP contribution in [0.25, 0.3) is 0 Å². The van der Waals surface area contributed by atoms with E-state index in [1.165, 1.54) is 41.7 Å². The van der Waals surface area contributed by atoms with Crippen molar-refractivity contribution in [2.75, 3.05) is 18.4 Å². The summed E-state index contributed by atoms with van der Waals surface area (Å²) in [7, 11) is -3.82. The Balaban J connectivity index is 1.72. The number of hydrogen-bond acceptors (Lipinski definition) is 6. The number of nitrogens with one attached hydrogen (secondary N) is 1. The van der Waals surface area contributed by atoms with Gasteiger partial charge in [0.05, 0.1) is 15.6 Å². The molecule has 0 saturated carbocycles. The number of ether oxygens (including phenoxy) is 1. The van der Waals surface area contributed by atoms with Gasteiger partial charge in [0.2, 0.25) is 10.0 Å². The highest BCUT2D eigenvalue weighted by Crippen LogP contribution is 2.28. The molecule has 0 aliphatic carbocycles. The van der Waals surface area contributed by atoms with Gasteiger partial charge in [0.1, 0.15) is 10.7 Å². The van der Waals surface area contributed by atoms with E-state index >= 15 is 0 Å². The van der Waals surface area contributed by atoms with Crippen molar-refractivity contribution < 1.29 is 22.7 Å². The molecular weight excluding hydrogens is 453 g/mol. The molecule has 1 aliphatic rings. The van der Waals surface area contributed by atoms with Crippen molar-refractivity contribution in [1.82, 2.24) is 9.29 Å². The number of carbonyl (C=O) groups excluding carboxylic acids is 2. The van der Waals surface area contributed by atoms with E-state index in [-0.39, 0.29) is 21.3 Å². The lowest BCUT2D eigenvalue weighted by atomic mass is 10.2. The molecule has 1 fully saturated rings. The highest BCUT2D eigenvalue weighted by Gasteiger charge is 2.30. The second kappa shape index (κ2) is 9.30. The molecule has 1 N–H and O–H groups in total. The molecule has 11 heteroatoms. The first kappa shape index (κ1) is 22.5. The number of amides is 1. The average Bonchev–Trinajstić information content (AvgIpc) is 3.25. The van der Waals surface area contributed by atoms with Crippen LogP contribution >= 0.6 is 23.2 Å². The minimum atomic E-state index is -3.82. The molecule has 1 saturated heterocycles. The summed E-state index contributed by atoms with van der Waals surface area (Å²) in [5.41, 5.74) is -0.0264. The quantitative estimate of drug-likeness (QED) is 0.647. The van der Waals surface area contributed by atoms with Crippen molar-refractivity contribution >= 4 is 50.9 Å². The van der Waals surface area contributed by atoms with E-state index in [1.807, 2.05) is 0 Å². The molecule has 0 unspecified atom stereocenters. The first-order chi connectivity index (χ1) is 14.2. The van der Waals surface area contributed by atoms with Crippen LogP contribution in [0.1, 0.15) is 30.1 Å². The Bertz CT molecular complexity index is 1050. The van der Waals surface area contributed by atoms with Crippen molar-refractivity contribution in [2.24, 2.45) is 0 Å². The minimum Gasteiger partial charge on any atom is -0.449 e. The third-order valence-electron chi connectivity index (χ3n) is 4.48. The van der Waals surface area contributed by atoms with Gasteiger partial charge < -0.3 is 10.1 Å². The second-order valence-electron chi connectivity index (χ2n) is 6.65. The Morgan fingerprint density at radius 2 is 1.87 bits per heavy atom. The lowest BCUT2D eigenvalue weighted by Gasteiger charge is -2.17. The van der Waals surface area contributed by atoms with Crippen molar-refractivity contribution in [3.63, 3.8) is 0 Å². The normalized spacial score (nSPS) is 15.6. The third-order valence-corrected chi connectivity index (χ3v) is 7.09. The van der Waals surface area contributed by atoms with E-state index in [2.05, 4.69) is 10.3 Å². The predicted octanol–water partition coefficient (Wildman–Crippen LogP) is 3.36. The molecule has 0 bridgehead atoms. The Morgan fingerprint density at radius 3 is 2.50 bits per heavy atom. The summed E-state index contributed by atoms with van der Waals surface area (Å²) in [5.74, 6) is -1.20. The van der Waals surface area contributed by atoms with Crippen LogP contribution in [0.15, 0.2) is 41.4 Å². The lowest BCUT2D eigenvalue weighted by molar-refractivity contribution is -0.123. The number of aromatic nitrogens is 1. The molecule has 1 atom stereocenters. The summed E-state index contributed by atoms with van der Waals surface area (Å²) in [6.07, 6.45) is 1.76. The van der Waals surface area contributed by atoms with Crippen molar-refractivity contribution in [1.29, 1.82) is 0 Å². The van der Waals surface area contributed by atoms with Gasteiger partial charge in [-0.25, -0.2) is 18.2 Å². The highest BCUT2D eigenvalue weighted by atomic mass is 35.5. The molecular formula is C19H19Cl2N3O5S. The highest BCUT2D eigenvalue weighted by molar-refractivity contribution is 7.89. The topological polar surface area (TPSA) is 106 Å². The first-order valence-corrected chi connectivity index (χ1v) is 11.3. The number of esters is 1. The summed E-state index contributed by atoms with van der Waals surface area (Å²) in [5, 5.41) is 2.92. The van der Waals surface area contributed by atoms with Gasteiger partial charge in [0.25, 0.3) is 5.91 Å². The van der Waals surface area contributed by atoms with Crippen molar-refractivity contribution in [2.45, 2.75) is 30.8 Å². The zero-order valence-corrected chi connectivity index (χ0v) is 18.3. The van der Waals surface area contributed by atoms with Gasteiger partial charge in [-0.15, -0.1) is 0 Å². The molecule has 1 aliphatic heterocycles. The maximum absolute atomic E-state index is 12.8. The zero-order valence-electron chi connectivity index (χ0n) is 16.0. The molecule has 160 valence electrons. The van der Waals surface area contributed by atoms with Gasteiger partial charge >= 0.3 is 5.97 Å². The van der Waals surface area contributed by atoms with E-state index in [4.69, 9.17) is 27.9 Å². The number of hydrogen-bond donors (Lipinski definition) is 1. The van der Waals surface area contributed by atoms with Crippen LogP contribution < -0.4 is 5.32 Å². The lowest BCUT2D eigenvalue weighted by Crippen LogP contribution is -2.30. The maximum Gasteiger partial charge on any atom is 0.338 e. The van der Waals surface area contributed by atoms with Crippen LogP contribution in [0.4, 0.5) is 5.82 Å². The monoisotopic (exact) mass is 471 g/mol. The predicted molar refractivity (Wildman–Crippen MR) is 112 cm³/mol. The summed E-state index contributed by atoms with van der Waals surface area (Å²) >= 11 is 11.8. The molecule has 2 heterocycles. The Hall–Kier alpha value is -2.20. The molecule has 1 aromatic carbocycles. The van der Waals surface area contributed by atoms with Gasteiger partial charge in [0, 0.05) is 19.3 Å². The fourth-order valence-corrected chi connectivity index (χ4v) is 4.98. The summed E-state index contributed by atoms with van der Waals surface area (Å²) < 4.78 is 32.1. The SMILES string of the molecule is C[C@H](OC(=O)c1ccc(Cl)c(S(=O)(=O)N2CCCC2)c1)C(=O)Nc1ccc(Cl)cn1.